The molecule has 0 aliphatic rings. The summed E-state index contributed by atoms with van der Waals surface area (Å²) in [4.78, 5) is 0. The van der Waals surface area contributed by atoms with Crippen LogP contribution in [0.2, 0.25) is 19.6 Å². The Kier molecular flexibility index (Phi) is 3.95. The highest BCUT2D eigenvalue weighted by molar-refractivity contribution is 6.80. The summed E-state index contributed by atoms with van der Waals surface area (Å²) in [7, 11) is -0.905. The highest BCUT2D eigenvalue weighted by atomic mass is 28.3. The van der Waals surface area contributed by atoms with Crippen molar-refractivity contribution in [2.45, 2.75) is 39.9 Å². The van der Waals surface area contributed by atoms with Crippen LogP contribution in [-0.4, -0.2) is 8.07 Å². The first-order valence-electron chi connectivity index (χ1n) is 4.09. The molecule has 0 atom stereocenters. The topological polar surface area (TPSA) is 0 Å². The van der Waals surface area contributed by atoms with E-state index >= 15 is 0 Å². The number of allylic oxidation sites excluding steroid dienone is 1. The lowest BCUT2D eigenvalue weighted by Gasteiger charge is -2.08. The van der Waals surface area contributed by atoms with Crippen molar-refractivity contribution < 1.29 is 0 Å². The molecule has 0 saturated carbocycles. The van der Waals surface area contributed by atoms with E-state index in [0.29, 0.717) is 0 Å². The molecule has 60 valence electrons. The summed E-state index contributed by atoms with van der Waals surface area (Å²) in [6.45, 7) is 11.6. The molecule has 0 heterocycles. The lowest BCUT2D eigenvalue weighted by atomic mass is 10.1. The first-order valence-corrected chi connectivity index (χ1v) is 7.67. The third kappa shape index (κ3) is 7.96. The van der Waals surface area contributed by atoms with Gasteiger partial charge in [-0.1, -0.05) is 45.3 Å². The van der Waals surface area contributed by atoms with Gasteiger partial charge in [0.15, 0.2) is 0 Å². The van der Waals surface area contributed by atoms with E-state index in [4.69, 9.17) is 0 Å². The van der Waals surface area contributed by atoms with Crippen LogP contribution in [0.5, 0.6) is 0 Å². The van der Waals surface area contributed by atoms with E-state index in [1.54, 1.807) is 0 Å². The lowest BCUT2D eigenvalue weighted by Crippen LogP contribution is -2.15. The van der Waals surface area contributed by atoms with Crippen LogP contribution in [0.15, 0.2) is 11.8 Å². The minimum absolute atomic E-state index is 0.813. The normalized spacial score (nSPS) is 13.4. The molecule has 0 aliphatic heterocycles. The van der Waals surface area contributed by atoms with Crippen LogP contribution < -0.4 is 0 Å². The number of hydrogen-bond acceptors (Lipinski definition) is 0. The summed E-state index contributed by atoms with van der Waals surface area (Å²) in [6.07, 6.45) is 3.58. The van der Waals surface area contributed by atoms with Gasteiger partial charge in [-0.2, -0.15) is 0 Å². The standard InChI is InChI=1S/C9H20Si/c1-9(2)7-6-8-10(3,4)5/h6,8-9H,7H2,1-5H3/b8-6-. The van der Waals surface area contributed by atoms with Crippen molar-refractivity contribution in [2.24, 2.45) is 5.92 Å². The van der Waals surface area contributed by atoms with Gasteiger partial charge in [-0.05, 0) is 12.3 Å². The smallest absolute Gasteiger partial charge is 0.0682 e. The van der Waals surface area contributed by atoms with Crippen LogP contribution in [0, 0.1) is 5.92 Å². The molecule has 0 radical (unpaired) electrons. The predicted octanol–water partition coefficient (Wildman–Crippen LogP) is 3.47. The van der Waals surface area contributed by atoms with Gasteiger partial charge in [0.25, 0.3) is 0 Å². The van der Waals surface area contributed by atoms with Crippen molar-refractivity contribution in [3.8, 4) is 0 Å². The van der Waals surface area contributed by atoms with Gasteiger partial charge in [0.05, 0.1) is 8.07 Å². The summed E-state index contributed by atoms with van der Waals surface area (Å²) < 4.78 is 0. The van der Waals surface area contributed by atoms with E-state index in [1.165, 1.54) is 6.42 Å². The molecule has 0 bridgehead atoms. The average Bonchev–Trinajstić information content (AvgIpc) is 1.59. The summed E-state index contributed by atoms with van der Waals surface area (Å²) in [6, 6.07) is 0. The minimum atomic E-state index is -0.905. The zero-order chi connectivity index (χ0) is 8.20. The molecule has 0 spiro atoms. The molecule has 0 nitrogen and oxygen atoms in total. The summed E-state index contributed by atoms with van der Waals surface area (Å²) in [5.41, 5.74) is 2.42. The third-order valence-electron chi connectivity index (χ3n) is 1.23. The van der Waals surface area contributed by atoms with E-state index in [0.717, 1.165) is 5.92 Å². The van der Waals surface area contributed by atoms with Gasteiger partial charge < -0.3 is 0 Å². The van der Waals surface area contributed by atoms with Crippen molar-refractivity contribution in [1.29, 1.82) is 0 Å². The fourth-order valence-electron chi connectivity index (χ4n) is 0.694. The Morgan fingerprint density at radius 2 is 1.70 bits per heavy atom. The maximum Gasteiger partial charge on any atom is 0.0682 e. The summed E-state index contributed by atoms with van der Waals surface area (Å²) >= 11 is 0. The van der Waals surface area contributed by atoms with Crippen molar-refractivity contribution >= 4 is 8.07 Å². The zero-order valence-electron chi connectivity index (χ0n) is 7.94. The average molecular weight is 156 g/mol. The van der Waals surface area contributed by atoms with Gasteiger partial charge in [0.2, 0.25) is 0 Å². The number of hydrogen-bond donors (Lipinski definition) is 0. The van der Waals surface area contributed by atoms with Crippen LogP contribution in [0.4, 0.5) is 0 Å². The molecule has 0 unspecified atom stereocenters. The highest BCUT2D eigenvalue weighted by Gasteiger charge is 2.05. The van der Waals surface area contributed by atoms with Crippen LogP contribution >= 0.6 is 0 Å². The van der Waals surface area contributed by atoms with Gasteiger partial charge in [0.1, 0.15) is 0 Å². The molecule has 0 aromatic heterocycles. The molecule has 0 rings (SSSR count). The van der Waals surface area contributed by atoms with E-state index < -0.39 is 8.07 Å². The predicted molar refractivity (Wildman–Crippen MR) is 51.9 cm³/mol. The van der Waals surface area contributed by atoms with Crippen molar-refractivity contribution in [3.63, 3.8) is 0 Å². The Morgan fingerprint density at radius 1 is 1.20 bits per heavy atom. The van der Waals surface area contributed by atoms with Gasteiger partial charge >= 0.3 is 0 Å². The van der Waals surface area contributed by atoms with E-state index in [2.05, 4.69) is 45.3 Å². The van der Waals surface area contributed by atoms with Crippen LogP contribution in [-0.2, 0) is 0 Å². The van der Waals surface area contributed by atoms with Crippen LogP contribution in [0.3, 0.4) is 0 Å². The Hall–Kier alpha value is -0.0431. The Balaban J connectivity index is 3.57. The molecular weight excluding hydrogens is 136 g/mol. The highest BCUT2D eigenvalue weighted by Crippen LogP contribution is 2.06. The summed E-state index contributed by atoms with van der Waals surface area (Å²) in [5, 5.41) is 0. The summed E-state index contributed by atoms with van der Waals surface area (Å²) in [5.74, 6) is 0.813. The third-order valence-corrected chi connectivity index (χ3v) is 2.46. The number of rotatable bonds is 3. The Bertz CT molecular complexity index is 106. The first-order chi connectivity index (χ1) is 4.42. The molecule has 1 heteroatoms. The van der Waals surface area contributed by atoms with Crippen LogP contribution in [0.1, 0.15) is 20.3 Å². The van der Waals surface area contributed by atoms with Gasteiger partial charge in [0, 0.05) is 0 Å². The molecule has 0 aromatic rings. The van der Waals surface area contributed by atoms with E-state index in [9.17, 15) is 0 Å². The molecule has 0 fully saturated rings. The fraction of sp³-hybridized carbons (Fsp3) is 0.778. The largest absolute Gasteiger partial charge is 0.0989 e. The maximum absolute atomic E-state index is 2.42. The molecule has 0 aliphatic carbocycles. The lowest BCUT2D eigenvalue weighted by molar-refractivity contribution is 0.664. The quantitative estimate of drug-likeness (QED) is 0.549. The van der Waals surface area contributed by atoms with Gasteiger partial charge in [-0.15, -0.1) is 0 Å². The second-order valence-corrected chi connectivity index (χ2v) is 9.46. The van der Waals surface area contributed by atoms with Gasteiger partial charge in [-0.25, -0.2) is 0 Å². The van der Waals surface area contributed by atoms with Crippen molar-refractivity contribution in [3.05, 3.63) is 11.8 Å². The Morgan fingerprint density at radius 3 is 2.00 bits per heavy atom. The van der Waals surface area contributed by atoms with E-state index in [1.807, 2.05) is 0 Å². The molecular formula is C9H20Si. The molecule has 10 heavy (non-hydrogen) atoms. The van der Waals surface area contributed by atoms with Gasteiger partial charge in [-0.3, -0.25) is 0 Å². The second-order valence-electron chi connectivity index (χ2n) is 4.40. The minimum Gasteiger partial charge on any atom is -0.0989 e. The zero-order valence-corrected chi connectivity index (χ0v) is 8.94. The SMILES string of the molecule is CC(C)C/C=C\[Si](C)(C)C. The molecule has 0 amide bonds. The van der Waals surface area contributed by atoms with Crippen molar-refractivity contribution in [1.82, 2.24) is 0 Å². The van der Waals surface area contributed by atoms with Crippen LogP contribution in [0.25, 0.3) is 0 Å². The van der Waals surface area contributed by atoms with Crippen molar-refractivity contribution in [2.75, 3.05) is 0 Å². The Labute approximate surface area is 66.4 Å². The monoisotopic (exact) mass is 156 g/mol. The maximum atomic E-state index is 2.42. The molecule has 0 aromatic carbocycles. The molecule has 0 N–H and O–H groups in total. The van der Waals surface area contributed by atoms with E-state index in [-0.39, 0.29) is 0 Å². The fourth-order valence-corrected chi connectivity index (χ4v) is 1.54. The molecule has 0 saturated heterocycles. The second kappa shape index (κ2) is 3.97. The first kappa shape index (κ1) is 9.96.